The number of hydrogen-bond acceptors (Lipinski definition) is 2. The summed E-state index contributed by atoms with van der Waals surface area (Å²) in [7, 11) is 0. The number of alkyl halides is 1. The van der Waals surface area contributed by atoms with Gasteiger partial charge in [0.15, 0.2) is 0 Å². The minimum absolute atomic E-state index is 0.00153. The lowest BCUT2D eigenvalue weighted by molar-refractivity contribution is -0.143. The molecule has 0 aliphatic heterocycles. The number of carbonyl (C=O) groups is 1. The summed E-state index contributed by atoms with van der Waals surface area (Å²) in [6.45, 7) is 3.80. The molecule has 0 fully saturated rings. The molecule has 0 saturated carbocycles. The van der Waals surface area contributed by atoms with E-state index in [-0.39, 0.29) is 10.1 Å². The topological polar surface area (TPSA) is 26.3 Å². The molecule has 0 amide bonds. The molecular weight excluding hydrogens is 231 g/mol. The molecule has 0 rings (SSSR count). The lowest BCUT2D eigenvalue weighted by Gasteiger charge is -2.03. The van der Waals surface area contributed by atoms with E-state index in [1.54, 1.807) is 0 Å². The zero-order valence-electron chi connectivity index (χ0n) is 5.69. The van der Waals surface area contributed by atoms with Crippen molar-refractivity contribution in [2.24, 2.45) is 0 Å². The third-order valence-corrected chi connectivity index (χ3v) is 1.00. The molecule has 0 N–H and O–H groups in total. The van der Waals surface area contributed by atoms with Crippen molar-refractivity contribution >= 4 is 28.6 Å². The molecule has 0 spiro atoms. The van der Waals surface area contributed by atoms with Crippen LogP contribution in [-0.4, -0.2) is 10.1 Å². The van der Waals surface area contributed by atoms with Gasteiger partial charge in [0, 0.05) is 6.42 Å². The second-order valence-corrected chi connectivity index (χ2v) is 3.54. The van der Waals surface area contributed by atoms with Gasteiger partial charge in [0.25, 0.3) is 0 Å². The van der Waals surface area contributed by atoms with Gasteiger partial charge in [-0.1, -0.05) is 6.92 Å². The normalized spacial score (nSPS) is 12.8. The zero-order valence-corrected chi connectivity index (χ0v) is 7.84. The maximum atomic E-state index is 10.6. The van der Waals surface area contributed by atoms with E-state index in [1.165, 1.54) is 0 Å². The minimum Gasteiger partial charge on any atom is -0.452 e. The van der Waals surface area contributed by atoms with Crippen LogP contribution in [0.1, 0.15) is 26.7 Å². The molecule has 0 aromatic carbocycles. The van der Waals surface area contributed by atoms with Crippen LogP contribution in [0.4, 0.5) is 0 Å². The maximum absolute atomic E-state index is 10.6. The van der Waals surface area contributed by atoms with Crippen LogP contribution >= 0.6 is 22.6 Å². The fourth-order valence-electron chi connectivity index (χ4n) is 0.444. The van der Waals surface area contributed by atoms with E-state index in [1.807, 2.05) is 13.8 Å². The average molecular weight is 242 g/mol. The smallest absolute Gasteiger partial charge is 0.306 e. The predicted molar refractivity (Wildman–Crippen MR) is 44.5 cm³/mol. The molecule has 0 aliphatic rings. The van der Waals surface area contributed by atoms with Crippen molar-refractivity contribution in [3.63, 3.8) is 0 Å². The van der Waals surface area contributed by atoms with Crippen LogP contribution in [0.3, 0.4) is 0 Å². The fourth-order valence-corrected chi connectivity index (χ4v) is 0.728. The van der Waals surface area contributed by atoms with E-state index in [0.717, 1.165) is 6.42 Å². The predicted octanol–water partition coefficient (Wildman–Crippen LogP) is 2.11. The highest BCUT2D eigenvalue weighted by Gasteiger charge is 2.02. The van der Waals surface area contributed by atoms with E-state index in [9.17, 15) is 4.79 Å². The van der Waals surface area contributed by atoms with Gasteiger partial charge in [-0.15, -0.1) is 0 Å². The van der Waals surface area contributed by atoms with Crippen LogP contribution in [0, 0.1) is 0 Å². The van der Waals surface area contributed by atoms with Crippen LogP contribution < -0.4 is 0 Å². The molecule has 0 saturated heterocycles. The van der Waals surface area contributed by atoms with Crippen molar-refractivity contribution in [1.82, 2.24) is 0 Å². The van der Waals surface area contributed by atoms with Crippen LogP contribution in [0.2, 0.25) is 0 Å². The number of rotatable bonds is 3. The van der Waals surface area contributed by atoms with Crippen LogP contribution in [0.5, 0.6) is 0 Å². The van der Waals surface area contributed by atoms with Crippen LogP contribution in [0.25, 0.3) is 0 Å². The van der Waals surface area contributed by atoms with Crippen molar-refractivity contribution in [3.05, 3.63) is 0 Å². The summed E-state index contributed by atoms with van der Waals surface area (Å²) in [5.74, 6) is -0.0978. The second-order valence-electron chi connectivity index (χ2n) is 1.78. The second kappa shape index (κ2) is 5.02. The summed E-state index contributed by atoms with van der Waals surface area (Å²) in [5.41, 5.74) is 0. The van der Waals surface area contributed by atoms with Gasteiger partial charge in [-0.3, -0.25) is 4.79 Å². The van der Waals surface area contributed by atoms with Gasteiger partial charge in [-0.25, -0.2) is 0 Å². The third kappa shape index (κ3) is 6.08. The van der Waals surface area contributed by atoms with E-state index >= 15 is 0 Å². The highest BCUT2D eigenvalue weighted by atomic mass is 127. The number of esters is 1. The Kier molecular flexibility index (Phi) is 5.13. The summed E-state index contributed by atoms with van der Waals surface area (Å²) in [5, 5.41) is 0. The Labute approximate surface area is 69.1 Å². The monoisotopic (exact) mass is 242 g/mol. The summed E-state index contributed by atoms with van der Waals surface area (Å²) < 4.78 is 4.84. The first-order chi connectivity index (χ1) is 4.16. The van der Waals surface area contributed by atoms with Gasteiger partial charge < -0.3 is 4.74 Å². The van der Waals surface area contributed by atoms with Crippen LogP contribution in [0.15, 0.2) is 0 Å². The molecule has 0 heterocycles. The summed E-state index contributed by atoms with van der Waals surface area (Å²) >= 11 is 2.05. The fraction of sp³-hybridized carbons (Fsp3) is 0.833. The molecule has 0 bridgehead atoms. The van der Waals surface area contributed by atoms with Gasteiger partial charge in [0.2, 0.25) is 0 Å². The lowest BCUT2D eigenvalue weighted by Crippen LogP contribution is -2.07. The Morgan fingerprint density at radius 3 is 2.67 bits per heavy atom. The van der Waals surface area contributed by atoms with E-state index in [0.29, 0.717) is 6.42 Å². The summed E-state index contributed by atoms with van der Waals surface area (Å²) in [6, 6.07) is 0. The van der Waals surface area contributed by atoms with E-state index in [2.05, 4.69) is 22.6 Å². The van der Waals surface area contributed by atoms with Crippen molar-refractivity contribution in [2.75, 3.05) is 0 Å². The van der Waals surface area contributed by atoms with Gasteiger partial charge in [0.1, 0.15) is 4.11 Å². The number of halogens is 1. The van der Waals surface area contributed by atoms with E-state index in [4.69, 9.17) is 4.74 Å². The number of ether oxygens (including phenoxy) is 1. The molecule has 1 unspecified atom stereocenters. The molecule has 0 aliphatic carbocycles. The quantitative estimate of drug-likeness (QED) is 0.430. The summed E-state index contributed by atoms with van der Waals surface area (Å²) in [6.07, 6.45) is 1.40. The molecule has 9 heavy (non-hydrogen) atoms. The number of hydrogen-bond donors (Lipinski definition) is 0. The van der Waals surface area contributed by atoms with Crippen LogP contribution in [-0.2, 0) is 9.53 Å². The Morgan fingerprint density at radius 2 is 2.33 bits per heavy atom. The van der Waals surface area contributed by atoms with Crippen molar-refractivity contribution < 1.29 is 9.53 Å². The van der Waals surface area contributed by atoms with Gasteiger partial charge in [-0.2, -0.15) is 0 Å². The molecule has 0 aromatic rings. The van der Waals surface area contributed by atoms with Crippen molar-refractivity contribution in [1.29, 1.82) is 0 Å². The standard InChI is InChI=1S/C6H11IO2/c1-3-4-6(8)9-5(2)7/h5H,3-4H2,1-2H3. The Bertz CT molecular complexity index is 91.1. The molecule has 3 heteroatoms. The Balaban J connectivity index is 3.27. The SMILES string of the molecule is CCCC(=O)OC(C)I. The molecule has 2 nitrogen and oxygen atoms in total. The first kappa shape index (κ1) is 9.20. The molecule has 1 atom stereocenters. The first-order valence-electron chi connectivity index (χ1n) is 3.00. The Morgan fingerprint density at radius 1 is 1.78 bits per heavy atom. The van der Waals surface area contributed by atoms with Gasteiger partial charge in [0.05, 0.1) is 0 Å². The van der Waals surface area contributed by atoms with E-state index < -0.39 is 0 Å². The van der Waals surface area contributed by atoms with Crippen molar-refractivity contribution in [2.45, 2.75) is 30.8 Å². The third-order valence-electron chi connectivity index (χ3n) is 0.748. The van der Waals surface area contributed by atoms with Gasteiger partial charge >= 0.3 is 5.97 Å². The molecule has 0 aromatic heterocycles. The van der Waals surface area contributed by atoms with Gasteiger partial charge in [-0.05, 0) is 35.9 Å². The highest BCUT2D eigenvalue weighted by Crippen LogP contribution is 2.02. The molecule has 0 radical (unpaired) electrons. The zero-order chi connectivity index (χ0) is 7.28. The largest absolute Gasteiger partial charge is 0.452 e. The maximum Gasteiger partial charge on any atom is 0.306 e. The Hall–Kier alpha value is 0.200. The molecule has 54 valence electrons. The highest BCUT2D eigenvalue weighted by molar-refractivity contribution is 14.1. The first-order valence-corrected chi connectivity index (χ1v) is 4.25. The van der Waals surface area contributed by atoms with Crippen molar-refractivity contribution in [3.8, 4) is 0 Å². The summed E-state index contributed by atoms with van der Waals surface area (Å²) in [4.78, 5) is 10.6. The molecular formula is C6H11IO2. The average Bonchev–Trinajstić information content (AvgIpc) is 1.63. The number of carbonyl (C=O) groups excluding carboxylic acids is 1. The lowest BCUT2D eigenvalue weighted by atomic mass is 10.3. The minimum atomic E-state index is -0.0978.